The zero-order valence-corrected chi connectivity index (χ0v) is 22.0. The summed E-state index contributed by atoms with van der Waals surface area (Å²) in [6.45, 7) is 2.58. The topological polar surface area (TPSA) is 85.8 Å². The molecule has 2 amide bonds. The van der Waals surface area contributed by atoms with Crippen LogP contribution in [0.3, 0.4) is 0 Å². The van der Waals surface area contributed by atoms with Gasteiger partial charge in [-0.3, -0.25) is 19.6 Å². The van der Waals surface area contributed by atoms with Gasteiger partial charge in [0.2, 0.25) is 0 Å². The maximum Gasteiger partial charge on any atom is 0.433 e. The summed E-state index contributed by atoms with van der Waals surface area (Å²) in [4.78, 5) is 30.3. The maximum atomic E-state index is 14.4. The van der Waals surface area contributed by atoms with E-state index in [1.807, 2.05) is 0 Å². The van der Waals surface area contributed by atoms with Gasteiger partial charge in [-0.2, -0.15) is 13.2 Å². The first kappa shape index (κ1) is 29.0. The van der Waals surface area contributed by atoms with Gasteiger partial charge in [-0.05, 0) is 44.2 Å². The molecule has 0 bridgehead atoms. The lowest BCUT2D eigenvalue weighted by Gasteiger charge is -2.46. The zero-order chi connectivity index (χ0) is 29.6. The first-order valence-corrected chi connectivity index (χ1v) is 12.1. The number of pyridine rings is 1. The van der Waals surface area contributed by atoms with Crippen LogP contribution in [0.15, 0.2) is 66.1 Å². The van der Waals surface area contributed by atoms with E-state index >= 15 is 0 Å². The SMILES string of the molecule is CN1N(Cc2cccc(F)c2F)C(=O)C(C(=O)Nc2ccc(Cl)cc2-c2ccc(C(F)(F)F)nc2)=C(O)C1(C)C. The number of halogens is 6. The highest BCUT2D eigenvalue weighted by atomic mass is 35.5. The van der Waals surface area contributed by atoms with E-state index in [4.69, 9.17) is 11.6 Å². The molecule has 0 aliphatic carbocycles. The van der Waals surface area contributed by atoms with Crippen molar-refractivity contribution in [1.82, 2.24) is 15.0 Å². The number of hydrazine groups is 1. The van der Waals surface area contributed by atoms with Gasteiger partial charge in [-0.15, -0.1) is 0 Å². The van der Waals surface area contributed by atoms with Crippen LogP contribution in [0.2, 0.25) is 5.02 Å². The molecule has 0 fully saturated rings. The fraction of sp³-hybridized carbons (Fsp3) is 0.222. The van der Waals surface area contributed by atoms with Crippen LogP contribution in [0.5, 0.6) is 0 Å². The number of hydrogen-bond acceptors (Lipinski definition) is 5. The Kier molecular flexibility index (Phi) is 7.61. The largest absolute Gasteiger partial charge is 0.509 e. The van der Waals surface area contributed by atoms with Crippen LogP contribution in [0.1, 0.15) is 25.1 Å². The van der Waals surface area contributed by atoms with Crippen LogP contribution in [-0.4, -0.2) is 44.5 Å². The predicted octanol–water partition coefficient (Wildman–Crippen LogP) is 6.12. The Morgan fingerprint density at radius 3 is 2.45 bits per heavy atom. The molecule has 0 unspecified atom stereocenters. The van der Waals surface area contributed by atoms with Gasteiger partial charge in [0.05, 0.1) is 12.1 Å². The summed E-state index contributed by atoms with van der Waals surface area (Å²) < 4.78 is 67.1. The lowest BCUT2D eigenvalue weighted by molar-refractivity contribution is -0.160. The van der Waals surface area contributed by atoms with E-state index in [2.05, 4.69) is 10.3 Å². The molecule has 2 aromatic carbocycles. The lowest BCUT2D eigenvalue weighted by Crippen LogP contribution is -2.60. The van der Waals surface area contributed by atoms with Crippen molar-refractivity contribution in [3.05, 3.63) is 94.0 Å². The van der Waals surface area contributed by atoms with Gasteiger partial charge >= 0.3 is 6.18 Å². The number of anilines is 1. The predicted molar refractivity (Wildman–Crippen MR) is 137 cm³/mol. The molecular weight excluding hydrogens is 559 g/mol. The summed E-state index contributed by atoms with van der Waals surface area (Å²) in [6, 6.07) is 9.55. The second-order valence-corrected chi connectivity index (χ2v) is 9.89. The fourth-order valence-corrected chi connectivity index (χ4v) is 4.28. The quantitative estimate of drug-likeness (QED) is 0.281. The van der Waals surface area contributed by atoms with Crippen molar-refractivity contribution < 1.29 is 36.6 Å². The Morgan fingerprint density at radius 1 is 1.12 bits per heavy atom. The molecule has 3 aromatic rings. The summed E-state index contributed by atoms with van der Waals surface area (Å²) >= 11 is 6.09. The first-order valence-electron chi connectivity index (χ1n) is 11.7. The molecule has 0 saturated heterocycles. The minimum atomic E-state index is -4.66. The summed E-state index contributed by atoms with van der Waals surface area (Å²) in [5.74, 6) is -4.90. The number of carbonyl (C=O) groups is 2. The van der Waals surface area contributed by atoms with Gasteiger partial charge in [0, 0.05) is 40.6 Å². The summed E-state index contributed by atoms with van der Waals surface area (Å²) in [5, 5.41) is 16.0. The van der Waals surface area contributed by atoms with Crippen molar-refractivity contribution in [2.24, 2.45) is 0 Å². The maximum absolute atomic E-state index is 14.4. The highest BCUT2D eigenvalue weighted by Crippen LogP contribution is 2.36. The van der Waals surface area contributed by atoms with Crippen LogP contribution in [0, 0.1) is 11.6 Å². The second-order valence-electron chi connectivity index (χ2n) is 9.46. The van der Waals surface area contributed by atoms with Crippen molar-refractivity contribution in [2.75, 3.05) is 12.4 Å². The molecule has 2 heterocycles. The zero-order valence-electron chi connectivity index (χ0n) is 21.3. The second kappa shape index (κ2) is 10.5. The standard InChI is InChI=1S/C27H22ClF5N4O3/c1-26(2)23(38)21(25(40)37(36(26)3)13-15-5-4-6-18(29)22(15)30)24(39)35-19-9-8-16(28)11-17(19)14-7-10-20(34-12-14)27(31,32)33/h4-12,38H,13H2,1-3H3,(H,35,39). The summed E-state index contributed by atoms with van der Waals surface area (Å²) in [5.41, 5.74) is -2.83. The normalized spacial score (nSPS) is 15.9. The molecule has 2 N–H and O–H groups in total. The number of aliphatic hydroxyl groups excluding tert-OH is 1. The average Bonchev–Trinajstić information content (AvgIpc) is 2.89. The molecule has 7 nitrogen and oxygen atoms in total. The van der Waals surface area contributed by atoms with Crippen molar-refractivity contribution in [3.8, 4) is 11.1 Å². The third kappa shape index (κ3) is 5.36. The number of aliphatic hydroxyl groups is 1. The fourth-order valence-electron chi connectivity index (χ4n) is 4.11. The van der Waals surface area contributed by atoms with Crippen LogP contribution < -0.4 is 5.32 Å². The number of nitrogens with zero attached hydrogens (tertiary/aromatic N) is 3. The molecule has 0 spiro atoms. The Bertz CT molecular complexity index is 1520. The molecule has 0 saturated carbocycles. The number of hydrogen-bond donors (Lipinski definition) is 2. The number of alkyl halides is 3. The molecule has 210 valence electrons. The van der Waals surface area contributed by atoms with Crippen LogP contribution >= 0.6 is 11.6 Å². The van der Waals surface area contributed by atoms with E-state index in [-0.39, 0.29) is 27.4 Å². The van der Waals surface area contributed by atoms with Crippen molar-refractivity contribution in [2.45, 2.75) is 32.1 Å². The van der Waals surface area contributed by atoms with Crippen molar-refractivity contribution in [3.63, 3.8) is 0 Å². The summed E-state index contributed by atoms with van der Waals surface area (Å²) in [7, 11) is 1.44. The van der Waals surface area contributed by atoms with E-state index in [9.17, 15) is 36.6 Å². The van der Waals surface area contributed by atoms with Gasteiger partial charge in [-0.25, -0.2) is 13.8 Å². The van der Waals surface area contributed by atoms with E-state index in [1.165, 1.54) is 56.2 Å². The van der Waals surface area contributed by atoms with Crippen LogP contribution in [0.25, 0.3) is 11.1 Å². The van der Waals surface area contributed by atoms with Crippen molar-refractivity contribution in [1.29, 1.82) is 0 Å². The van der Waals surface area contributed by atoms with Gasteiger partial charge in [0.25, 0.3) is 11.8 Å². The molecule has 1 aliphatic heterocycles. The Hall–Kier alpha value is -4.03. The van der Waals surface area contributed by atoms with Gasteiger partial charge in [0.15, 0.2) is 11.6 Å². The van der Waals surface area contributed by atoms with E-state index in [0.29, 0.717) is 0 Å². The van der Waals surface area contributed by atoms with Crippen LogP contribution in [-0.2, 0) is 22.3 Å². The van der Waals surface area contributed by atoms with E-state index in [1.54, 1.807) is 0 Å². The number of amides is 2. The van der Waals surface area contributed by atoms with Gasteiger partial charge in [0.1, 0.15) is 17.0 Å². The Morgan fingerprint density at radius 2 is 1.82 bits per heavy atom. The Labute approximate surface area is 230 Å². The summed E-state index contributed by atoms with van der Waals surface area (Å²) in [6.07, 6.45) is -3.70. The van der Waals surface area contributed by atoms with Gasteiger partial charge in [-0.1, -0.05) is 29.8 Å². The third-order valence-corrected chi connectivity index (χ3v) is 6.84. The molecule has 13 heteroatoms. The average molecular weight is 581 g/mol. The molecule has 0 atom stereocenters. The first-order chi connectivity index (χ1) is 18.6. The van der Waals surface area contributed by atoms with E-state index in [0.717, 1.165) is 29.4 Å². The smallest absolute Gasteiger partial charge is 0.433 e. The molecule has 0 radical (unpaired) electrons. The monoisotopic (exact) mass is 580 g/mol. The molecule has 1 aliphatic rings. The number of likely N-dealkylation sites (N-methyl/N-ethyl adjacent to an activating group) is 1. The highest BCUT2D eigenvalue weighted by Gasteiger charge is 2.46. The lowest BCUT2D eigenvalue weighted by atomic mass is 9.93. The number of benzene rings is 2. The van der Waals surface area contributed by atoms with Gasteiger partial charge < -0.3 is 10.4 Å². The molecule has 40 heavy (non-hydrogen) atoms. The minimum Gasteiger partial charge on any atom is -0.509 e. The number of rotatable bonds is 5. The Balaban J connectivity index is 1.70. The number of nitrogens with one attached hydrogen (secondary N) is 1. The minimum absolute atomic E-state index is 0.0588. The number of aromatic nitrogens is 1. The molecule has 4 rings (SSSR count). The number of carbonyl (C=O) groups excluding carboxylic acids is 2. The molecule has 1 aromatic heterocycles. The molecular formula is C27H22ClF5N4O3. The van der Waals surface area contributed by atoms with Crippen molar-refractivity contribution >= 4 is 29.1 Å². The third-order valence-electron chi connectivity index (χ3n) is 6.61. The van der Waals surface area contributed by atoms with Crippen LogP contribution in [0.4, 0.5) is 27.6 Å². The van der Waals surface area contributed by atoms with E-state index < -0.39 is 58.7 Å². The highest BCUT2D eigenvalue weighted by molar-refractivity contribution is 6.31.